The molecular weight excluding hydrogens is 420 g/mol. The molecule has 2 heterocycles. The quantitative estimate of drug-likeness (QED) is 0.537. The first-order chi connectivity index (χ1) is 15.2. The number of carbonyl (C=O) groups excluding carboxylic acids is 1. The lowest BCUT2D eigenvalue weighted by atomic mass is 9.87. The number of aromatic amines is 1. The number of carboxylic acids is 1. The van der Waals surface area contributed by atoms with Crippen molar-refractivity contribution in [3.8, 4) is 22.6 Å². The molecule has 0 atom stereocenters. The van der Waals surface area contributed by atoms with Crippen molar-refractivity contribution in [1.29, 1.82) is 0 Å². The normalized spacial score (nSPS) is 17.2. The number of rotatable bonds is 6. The van der Waals surface area contributed by atoms with Crippen LogP contribution in [0.3, 0.4) is 0 Å². The fourth-order valence-corrected chi connectivity index (χ4v) is 4.22. The molecule has 32 heavy (non-hydrogen) atoms. The highest BCUT2D eigenvalue weighted by atomic mass is 19.3. The number of Topliss-reactive ketones (excluding diaryl/α,β-unsaturated/α-hetero) is 1. The Morgan fingerprint density at radius 1 is 1.09 bits per heavy atom. The topological polar surface area (TPSA) is 88.6 Å². The van der Waals surface area contributed by atoms with Gasteiger partial charge in [0, 0.05) is 21.0 Å². The SMILES string of the molecule is Cc1ccc(CC(=O)C2(c3ccc4c(c3)OC(F)(F)O4)CC2)cc1-c1c[nH]c(C(=O)O)c1.[HH].[HH]. The maximum Gasteiger partial charge on any atom is 0.586 e. The lowest BCUT2D eigenvalue weighted by molar-refractivity contribution is -0.286. The molecule has 2 N–H and O–H groups in total. The molecule has 1 fully saturated rings. The Bertz CT molecular complexity index is 1270. The Balaban J connectivity index is 0.00000162. The number of hydrogen-bond acceptors (Lipinski definition) is 4. The van der Waals surface area contributed by atoms with Gasteiger partial charge in [-0.3, -0.25) is 4.79 Å². The highest BCUT2D eigenvalue weighted by Crippen LogP contribution is 2.52. The van der Waals surface area contributed by atoms with Crippen molar-refractivity contribution in [1.82, 2.24) is 4.98 Å². The summed E-state index contributed by atoms with van der Waals surface area (Å²) in [4.78, 5) is 27.1. The van der Waals surface area contributed by atoms with Crippen LogP contribution in [0.5, 0.6) is 11.5 Å². The maximum absolute atomic E-state index is 13.3. The molecule has 2 aliphatic rings. The highest BCUT2D eigenvalue weighted by Gasteiger charge is 2.52. The highest BCUT2D eigenvalue weighted by molar-refractivity contribution is 5.95. The van der Waals surface area contributed by atoms with Crippen LogP contribution in [0.25, 0.3) is 11.1 Å². The van der Waals surface area contributed by atoms with Crippen LogP contribution in [0.15, 0.2) is 48.7 Å². The predicted molar refractivity (Wildman–Crippen MR) is 114 cm³/mol. The summed E-state index contributed by atoms with van der Waals surface area (Å²) >= 11 is 0. The molecular formula is C24H23F2NO5. The number of nitrogens with one attached hydrogen (secondary N) is 1. The number of ether oxygens (including phenoxy) is 2. The number of aryl methyl sites for hydroxylation is 1. The molecule has 0 unspecified atom stereocenters. The zero-order valence-electron chi connectivity index (χ0n) is 17.1. The third-order valence-corrected chi connectivity index (χ3v) is 6.13. The summed E-state index contributed by atoms with van der Waals surface area (Å²) < 4.78 is 35.7. The molecule has 0 radical (unpaired) electrons. The van der Waals surface area contributed by atoms with Gasteiger partial charge in [-0.05, 0) is 60.2 Å². The van der Waals surface area contributed by atoms with E-state index in [0.29, 0.717) is 18.4 Å². The van der Waals surface area contributed by atoms with E-state index in [1.807, 2.05) is 25.1 Å². The van der Waals surface area contributed by atoms with Gasteiger partial charge in [0.05, 0.1) is 5.41 Å². The van der Waals surface area contributed by atoms with Gasteiger partial charge in [-0.2, -0.15) is 0 Å². The van der Waals surface area contributed by atoms with Crippen molar-refractivity contribution in [3.05, 3.63) is 71.0 Å². The summed E-state index contributed by atoms with van der Waals surface area (Å²) in [5.41, 5.74) is 3.34. The number of aromatic carboxylic acids is 1. The number of aromatic nitrogens is 1. The Kier molecular flexibility index (Phi) is 4.37. The standard InChI is InChI=1S/C24H19F2NO5.2H2/c1-13-2-3-14(8-17(13)15-10-18(22(29)30)27-12-15)9-21(28)23(6-7-23)16-4-5-19-20(11-16)32-24(25,26)31-19;;/h2-5,8,10-12,27H,6-7,9H2,1H3,(H,29,30);2*1H. The molecule has 0 saturated heterocycles. The molecule has 2 aromatic carbocycles. The number of carbonyl (C=O) groups is 2. The summed E-state index contributed by atoms with van der Waals surface area (Å²) in [6, 6.07) is 11.7. The van der Waals surface area contributed by atoms with Crippen molar-refractivity contribution in [2.24, 2.45) is 0 Å². The second-order valence-corrected chi connectivity index (χ2v) is 8.27. The summed E-state index contributed by atoms with van der Waals surface area (Å²) in [7, 11) is 0. The van der Waals surface area contributed by atoms with Crippen molar-refractivity contribution in [2.45, 2.75) is 37.9 Å². The number of carboxylic acid groups (broad SMARTS) is 1. The van der Waals surface area contributed by atoms with Crippen LogP contribution < -0.4 is 9.47 Å². The van der Waals surface area contributed by atoms with Gasteiger partial charge >= 0.3 is 12.3 Å². The zero-order valence-corrected chi connectivity index (χ0v) is 17.1. The molecule has 1 aliphatic heterocycles. The first-order valence-electron chi connectivity index (χ1n) is 10.1. The van der Waals surface area contributed by atoms with Crippen LogP contribution in [0.2, 0.25) is 0 Å². The summed E-state index contributed by atoms with van der Waals surface area (Å²) in [5.74, 6) is -1.15. The molecule has 8 heteroatoms. The van der Waals surface area contributed by atoms with E-state index in [2.05, 4.69) is 14.5 Å². The van der Waals surface area contributed by atoms with E-state index in [4.69, 9.17) is 5.11 Å². The third-order valence-electron chi connectivity index (χ3n) is 6.13. The average molecular weight is 443 g/mol. The molecule has 6 nitrogen and oxygen atoms in total. The van der Waals surface area contributed by atoms with Gasteiger partial charge in [-0.1, -0.05) is 24.3 Å². The lowest BCUT2D eigenvalue weighted by Crippen LogP contribution is -2.26. The van der Waals surface area contributed by atoms with E-state index in [1.165, 1.54) is 12.1 Å². The first kappa shape index (κ1) is 20.2. The third kappa shape index (κ3) is 3.41. The Morgan fingerprint density at radius 2 is 1.84 bits per heavy atom. The number of hydrogen-bond donors (Lipinski definition) is 2. The molecule has 1 aromatic heterocycles. The largest absolute Gasteiger partial charge is 0.586 e. The molecule has 0 spiro atoms. The molecule has 1 saturated carbocycles. The van der Waals surface area contributed by atoms with Gasteiger partial charge in [0.15, 0.2) is 11.5 Å². The molecule has 168 valence electrons. The van der Waals surface area contributed by atoms with E-state index < -0.39 is 17.7 Å². The monoisotopic (exact) mass is 443 g/mol. The zero-order chi connectivity index (χ0) is 22.7. The van der Waals surface area contributed by atoms with Crippen LogP contribution in [-0.2, 0) is 16.6 Å². The van der Waals surface area contributed by atoms with Gasteiger partial charge in [-0.25, -0.2) is 4.79 Å². The minimum atomic E-state index is -3.70. The number of alkyl halides is 2. The predicted octanol–water partition coefficient (Wildman–Crippen LogP) is 5.35. The van der Waals surface area contributed by atoms with E-state index in [0.717, 1.165) is 22.3 Å². The van der Waals surface area contributed by atoms with E-state index in [-0.39, 0.29) is 32.3 Å². The summed E-state index contributed by atoms with van der Waals surface area (Å²) in [6.45, 7) is 1.92. The van der Waals surface area contributed by atoms with Crippen LogP contribution in [0.4, 0.5) is 8.78 Å². The molecule has 0 amide bonds. The van der Waals surface area contributed by atoms with Crippen molar-refractivity contribution < 1.29 is 35.8 Å². The average Bonchev–Trinajstić information content (AvgIpc) is 3.28. The molecule has 0 bridgehead atoms. The number of fused-ring (bicyclic) bond motifs is 1. The Hall–Kier alpha value is -3.68. The van der Waals surface area contributed by atoms with Crippen LogP contribution in [0.1, 0.15) is 42.9 Å². The van der Waals surface area contributed by atoms with Crippen LogP contribution in [-0.4, -0.2) is 28.1 Å². The minimum Gasteiger partial charge on any atom is -0.477 e. The number of halogens is 2. The van der Waals surface area contributed by atoms with Crippen molar-refractivity contribution in [2.75, 3.05) is 0 Å². The van der Waals surface area contributed by atoms with Gasteiger partial charge in [-0.15, -0.1) is 8.78 Å². The fraction of sp³-hybridized carbons (Fsp3) is 0.250. The number of benzene rings is 2. The molecule has 1 aliphatic carbocycles. The maximum atomic E-state index is 13.3. The van der Waals surface area contributed by atoms with Crippen LogP contribution >= 0.6 is 0 Å². The number of H-pyrrole nitrogens is 1. The van der Waals surface area contributed by atoms with Crippen molar-refractivity contribution in [3.63, 3.8) is 0 Å². The lowest BCUT2D eigenvalue weighted by Gasteiger charge is -2.16. The van der Waals surface area contributed by atoms with Gasteiger partial charge in [0.1, 0.15) is 11.5 Å². The van der Waals surface area contributed by atoms with Gasteiger partial charge < -0.3 is 19.6 Å². The summed E-state index contributed by atoms with van der Waals surface area (Å²) in [5, 5.41) is 9.15. The summed E-state index contributed by atoms with van der Waals surface area (Å²) in [6.07, 6.45) is -0.615. The van der Waals surface area contributed by atoms with Gasteiger partial charge in [0.25, 0.3) is 0 Å². The Labute approximate surface area is 184 Å². The second kappa shape index (κ2) is 6.91. The minimum absolute atomic E-state index is 0. The fourth-order valence-electron chi connectivity index (χ4n) is 4.22. The van der Waals surface area contributed by atoms with Gasteiger partial charge in [0.2, 0.25) is 0 Å². The molecule has 3 aromatic rings. The Morgan fingerprint density at radius 3 is 2.53 bits per heavy atom. The second-order valence-electron chi connectivity index (χ2n) is 8.27. The van der Waals surface area contributed by atoms with Crippen LogP contribution in [0, 0.1) is 6.92 Å². The van der Waals surface area contributed by atoms with E-state index >= 15 is 0 Å². The molecule has 5 rings (SSSR count). The van der Waals surface area contributed by atoms with E-state index in [1.54, 1.807) is 18.3 Å². The first-order valence-corrected chi connectivity index (χ1v) is 10.1. The number of ketones is 1. The smallest absolute Gasteiger partial charge is 0.477 e. The van der Waals surface area contributed by atoms with Crippen molar-refractivity contribution >= 4 is 11.8 Å². The van der Waals surface area contributed by atoms with E-state index in [9.17, 15) is 18.4 Å².